The second-order valence-corrected chi connectivity index (χ2v) is 11.0. The lowest BCUT2D eigenvalue weighted by atomic mass is 9.82. The number of hydrogen-bond acceptors (Lipinski definition) is 6. The van der Waals surface area contributed by atoms with Gasteiger partial charge in [0.25, 0.3) is 0 Å². The zero-order chi connectivity index (χ0) is 23.7. The van der Waals surface area contributed by atoms with Crippen LogP contribution in [0.1, 0.15) is 47.2 Å². The van der Waals surface area contributed by atoms with E-state index in [0.29, 0.717) is 21.6 Å². The summed E-state index contributed by atoms with van der Waals surface area (Å²) in [4.78, 5) is 22.2. The average molecular weight is 485 g/mol. The molecule has 0 fully saturated rings. The summed E-state index contributed by atoms with van der Waals surface area (Å²) in [6.45, 7) is 3.88. The molecule has 2 heterocycles. The third-order valence-corrected chi connectivity index (χ3v) is 8.21. The number of aromatic nitrogens is 2. The fraction of sp³-hybridized carbons (Fsp3) is 0.259. The lowest BCUT2D eigenvalue weighted by Gasteiger charge is -2.25. The van der Waals surface area contributed by atoms with Crippen LogP contribution in [0.3, 0.4) is 0 Å². The van der Waals surface area contributed by atoms with Crippen molar-refractivity contribution in [1.82, 2.24) is 9.97 Å². The molecule has 2 unspecified atom stereocenters. The molecule has 170 valence electrons. The Morgan fingerprint density at radius 3 is 2.82 bits per heavy atom. The number of amides is 1. The first kappa shape index (κ1) is 22.6. The molecule has 0 saturated carbocycles. The number of benzene rings is 2. The molecule has 5 nitrogen and oxygen atoms in total. The van der Waals surface area contributed by atoms with Crippen LogP contribution in [-0.4, -0.2) is 21.1 Å². The first-order chi connectivity index (χ1) is 16.5. The van der Waals surface area contributed by atoms with E-state index in [2.05, 4.69) is 46.7 Å². The van der Waals surface area contributed by atoms with Crippen molar-refractivity contribution in [3.05, 3.63) is 82.5 Å². The average Bonchev–Trinajstić information content (AvgIpc) is 3.25. The molecule has 1 N–H and O–H groups in total. The number of nitrogens with zero attached hydrogens (tertiary/aromatic N) is 3. The molecule has 0 radical (unpaired) electrons. The molecule has 2 aromatic heterocycles. The fourth-order valence-electron chi connectivity index (χ4n) is 4.34. The van der Waals surface area contributed by atoms with E-state index in [1.807, 2.05) is 38.1 Å². The maximum Gasteiger partial charge on any atom is 0.239 e. The highest BCUT2D eigenvalue weighted by atomic mass is 32.2. The Morgan fingerprint density at radius 1 is 1.21 bits per heavy atom. The van der Waals surface area contributed by atoms with Gasteiger partial charge in [-0.15, -0.1) is 0 Å². The molecule has 1 amide bonds. The first-order valence-electron chi connectivity index (χ1n) is 11.3. The molecule has 2 atom stereocenters. The maximum absolute atomic E-state index is 12.9. The van der Waals surface area contributed by atoms with Crippen molar-refractivity contribution < 1.29 is 4.79 Å². The monoisotopic (exact) mass is 484 g/mol. The number of hydrogen-bond donors (Lipinski definition) is 1. The Balaban J connectivity index is 1.30. The zero-order valence-corrected chi connectivity index (χ0v) is 20.7. The Hall–Kier alpha value is -3.21. The summed E-state index contributed by atoms with van der Waals surface area (Å²) in [5.41, 5.74) is 6.09. The number of aryl methyl sites for hydroxylation is 2. The highest BCUT2D eigenvalue weighted by Crippen LogP contribution is 2.35. The van der Waals surface area contributed by atoms with Gasteiger partial charge < -0.3 is 5.32 Å². The molecule has 7 heteroatoms. The van der Waals surface area contributed by atoms with Crippen molar-refractivity contribution >= 4 is 44.4 Å². The van der Waals surface area contributed by atoms with Crippen LogP contribution in [0.2, 0.25) is 0 Å². The predicted octanol–water partition coefficient (Wildman–Crippen LogP) is 6.26. The second-order valence-electron chi connectivity index (χ2n) is 8.65. The van der Waals surface area contributed by atoms with Crippen LogP contribution in [0.4, 0.5) is 5.13 Å². The predicted molar refractivity (Wildman–Crippen MR) is 138 cm³/mol. The molecule has 5 rings (SSSR count). The van der Waals surface area contributed by atoms with Crippen LogP contribution in [0.25, 0.3) is 10.2 Å². The molecule has 0 aliphatic heterocycles. The smallest absolute Gasteiger partial charge is 0.239 e. The number of nitrogens with one attached hydrogen (secondary N) is 1. The number of fused-ring (bicyclic) bond motifs is 2. The SMILES string of the molecule is Cc1ccc2nc(NC(=O)C(C)Sc3nc4c(cc3C#N)CC(c3ccccc3)CC4)sc2c1. The summed E-state index contributed by atoms with van der Waals surface area (Å²) in [7, 11) is 0. The minimum absolute atomic E-state index is 0.145. The number of thiazole rings is 1. The van der Waals surface area contributed by atoms with E-state index in [-0.39, 0.29) is 5.91 Å². The highest BCUT2D eigenvalue weighted by Gasteiger charge is 2.25. The van der Waals surface area contributed by atoms with E-state index in [4.69, 9.17) is 4.98 Å². The van der Waals surface area contributed by atoms with Gasteiger partial charge in [0.15, 0.2) is 5.13 Å². The number of nitriles is 1. The summed E-state index contributed by atoms with van der Waals surface area (Å²) < 4.78 is 1.05. The summed E-state index contributed by atoms with van der Waals surface area (Å²) in [6.07, 6.45) is 2.80. The number of thioether (sulfide) groups is 1. The van der Waals surface area contributed by atoms with Crippen LogP contribution < -0.4 is 5.32 Å². The lowest BCUT2D eigenvalue weighted by Crippen LogP contribution is -2.23. The molecular weight excluding hydrogens is 460 g/mol. The van der Waals surface area contributed by atoms with Crippen molar-refractivity contribution in [3.63, 3.8) is 0 Å². The summed E-state index contributed by atoms with van der Waals surface area (Å²) in [5, 5.41) is 13.5. The van der Waals surface area contributed by atoms with Crippen LogP contribution in [0.15, 0.2) is 59.6 Å². The second kappa shape index (κ2) is 9.57. The Labute approximate surface area is 207 Å². The number of rotatable bonds is 5. The quantitative estimate of drug-likeness (QED) is 0.338. The third-order valence-electron chi connectivity index (χ3n) is 6.18. The third kappa shape index (κ3) is 4.70. The van der Waals surface area contributed by atoms with E-state index in [9.17, 15) is 10.1 Å². The number of pyridine rings is 1. The normalized spacial score (nSPS) is 16.0. The van der Waals surface area contributed by atoms with E-state index in [1.165, 1.54) is 28.7 Å². The van der Waals surface area contributed by atoms with E-state index < -0.39 is 5.25 Å². The van der Waals surface area contributed by atoms with Crippen LogP contribution in [0, 0.1) is 18.3 Å². The van der Waals surface area contributed by atoms with Gasteiger partial charge in [-0.3, -0.25) is 4.79 Å². The van der Waals surface area contributed by atoms with Crippen LogP contribution in [-0.2, 0) is 17.6 Å². The number of carbonyl (C=O) groups is 1. The first-order valence-corrected chi connectivity index (χ1v) is 13.0. The van der Waals surface area contributed by atoms with Crippen molar-refractivity contribution in [1.29, 1.82) is 5.26 Å². The van der Waals surface area contributed by atoms with Crippen LogP contribution >= 0.6 is 23.1 Å². The van der Waals surface area contributed by atoms with Gasteiger partial charge in [0, 0.05) is 5.69 Å². The van der Waals surface area contributed by atoms with Gasteiger partial charge in [-0.05, 0) is 73.9 Å². The van der Waals surface area contributed by atoms with Crippen LogP contribution in [0.5, 0.6) is 0 Å². The van der Waals surface area contributed by atoms with Gasteiger partial charge in [0.2, 0.25) is 5.91 Å². The van der Waals surface area contributed by atoms with Gasteiger partial charge in [0.05, 0.1) is 21.0 Å². The topological polar surface area (TPSA) is 78.7 Å². The molecule has 4 aromatic rings. The molecule has 1 aliphatic carbocycles. The molecule has 0 saturated heterocycles. The van der Waals surface area contributed by atoms with Gasteiger partial charge >= 0.3 is 0 Å². The maximum atomic E-state index is 12.9. The van der Waals surface area contributed by atoms with Gasteiger partial charge in [-0.25, -0.2) is 9.97 Å². The molecule has 1 aliphatic rings. The highest BCUT2D eigenvalue weighted by molar-refractivity contribution is 8.00. The summed E-state index contributed by atoms with van der Waals surface area (Å²) in [6, 6.07) is 20.8. The van der Waals surface area contributed by atoms with Crippen molar-refractivity contribution in [2.45, 2.75) is 49.3 Å². The summed E-state index contributed by atoms with van der Waals surface area (Å²) >= 11 is 2.80. The van der Waals surface area contributed by atoms with E-state index >= 15 is 0 Å². The molecular formula is C27H24N4OS2. The number of carbonyl (C=O) groups excluding carboxylic acids is 1. The molecule has 0 bridgehead atoms. The Bertz CT molecular complexity index is 1410. The molecule has 0 spiro atoms. The lowest BCUT2D eigenvalue weighted by molar-refractivity contribution is -0.115. The molecule has 34 heavy (non-hydrogen) atoms. The zero-order valence-electron chi connectivity index (χ0n) is 19.0. The standard InChI is InChI=1S/C27H24N4OS2/c1-16-8-10-23-24(12-16)34-27(30-23)31-25(32)17(2)33-26-21(15-28)14-20-13-19(9-11-22(20)29-26)18-6-4-3-5-7-18/h3-8,10,12,14,17,19H,9,11,13H2,1-2H3,(H,30,31,32). The fourth-order valence-corrected chi connectivity index (χ4v) is 6.20. The van der Waals surface area contributed by atoms with Crippen molar-refractivity contribution in [2.75, 3.05) is 5.32 Å². The van der Waals surface area contributed by atoms with Gasteiger partial charge in [-0.1, -0.05) is 59.5 Å². The minimum atomic E-state index is -0.410. The Morgan fingerprint density at radius 2 is 2.03 bits per heavy atom. The largest absolute Gasteiger partial charge is 0.301 e. The van der Waals surface area contributed by atoms with Crippen molar-refractivity contribution in [2.24, 2.45) is 0 Å². The van der Waals surface area contributed by atoms with Gasteiger partial charge in [-0.2, -0.15) is 5.26 Å². The minimum Gasteiger partial charge on any atom is -0.301 e. The Kier molecular flexibility index (Phi) is 6.36. The van der Waals surface area contributed by atoms with E-state index in [1.54, 1.807) is 0 Å². The van der Waals surface area contributed by atoms with Crippen molar-refractivity contribution in [3.8, 4) is 6.07 Å². The van der Waals surface area contributed by atoms with E-state index in [0.717, 1.165) is 46.3 Å². The summed E-state index contributed by atoms with van der Waals surface area (Å²) in [5.74, 6) is 0.302. The number of anilines is 1. The molecule has 2 aromatic carbocycles. The van der Waals surface area contributed by atoms with Gasteiger partial charge in [0.1, 0.15) is 11.1 Å².